The Hall–Kier alpha value is -3.43. The molecule has 0 bridgehead atoms. The van der Waals surface area contributed by atoms with Crippen LogP contribution in [-0.2, 0) is 6.54 Å². The topological polar surface area (TPSA) is 108 Å². The van der Waals surface area contributed by atoms with Gasteiger partial charge in [-0.15, -0.1) is 0 Å². The molecular formula is C21H24FN5O4. The van der Waals surface area contributed by atoms with E-state index >= 15 is 0 Å². The zero-order valence-corrected chi connectivity index (χ0v) is 17.4. The van der Waals surface area contributed by atoms with Gasteiger partial charge in [-0.25, -0.2) is 4.39 Å². The first-order valence-corrected chi connectivity index (χ1v) is 10.3. The summed E-state index contributed by atoms with van der Waals surface area (Å²) in [6.07, 6.45) is 5.15. The number of aryl methyl sites for hydroxylation is 1. The van der Waals surface area contributed by atoms with Gasteiger partial charge >= 0.3 is 0 Å². The average Bonchev–Trinajstić information content (AvgIpc) is 2.75. The van der Waals surface area contributed by atoms with Crippen LogP contribution in [0, 0.1) is 12.7 Å². The maximum atomic E-state index is 14.0. The van der Waals surface area contributed by atoms with Gasteiger partial charge < -0.3 is 15.3 Å². The van der Waals surface area contributed by atoms with Crippen LogP contribution in [0.3, 0.4) is 0 Å². The van der Waals surface area contributed by atoms with Crippen molar-refractivity contribution in [2.75, 3.05) is 18.1 Å². The minimum Gasteiger partial charge on any atom is -0.502 e. The molecule has 2 aromatic rings. The number of rotatable bonds is 4. The first-order chi connectivity index (χ1) is 14.8. The maximum absolute atomic E-state index is 14.0. The van der Waals surface area contributed by atoms with Crippen LogP contribution in [0.5, 0.6) is 5.75 Å². The van der Waals surface area contributed by atoms with Gasteiger partial charge in [-0.2, -0.15) is 0 Å². The molecular weight excluding hydrogens is 405 g/mol. The molecule has 2 aromatic heterocycles. The van der Waals surface area contributed by atoms with Crippen molar-refractivity contribution in [2.24, 2.45) is 0 Å². The molecule has 2 aliphatic heterocycles. The van der Waals surface area contributed by atoms with E-state index in [2.05, 4.69) is 10.3 Å². The van der Waals surface area contributed by atoms with E-state index in [0.29, 0.717) is 18.7 Å². The number of hydrogen-bond acceptors (Lipinski definition) is 6. The Morgan fingerprint density at radius 2 is 2.13 bits per heavy atom. The lowest BCUT2D eigenvalue weighted by Gasteiger charge is -2.48. The number of hydrogen-bond donors (Lipinski definition) is 2. The summed E-state index contributed by atoms with van der Waals surface area (Å²) in [4.78, 5) is 44.0. The summed E-state index contributed by atoms with van der Waals surface area (Å²) in [6.45, 7) is 4.37. The van der Waals surface area contributed by atoms with Gasteiger partial charge in [0, 0.05) is 25.5 Å². The number of amides is 2. The highest BCUT2D eigenvalue weighted by Gasteiger charge is 2.40. The Morgan fingerprint density at radius 3 is 2.84 bits per heavy atom. The molecule has 1 saturated heterocycles. The minimum atomic E-state index is -0.944. The van der Waals surface area contributed by atoms with E-state index in [4.69, 9.17) is 0 Å². The third-order valence-corrected chi connectivity index (χ3v) is 5.76. The summed E-state index contributed by atoms with van der Waals surface area (Å²) < 4.78 is 15.4. The predicted octanol–water partition coefficient (Wildman–Crippen LogP) is 1.25. The van der Waals surface area contributed by atoms with Crippen molar-refractivity contribution in [3.05, 3.63) is 57.0 Å². The third kappa shape index (κ3) is 3.51. The van der Waals surface area contributed by atoms with Crippen molar-refractivity contribution >= 4 is 11.8 Å². The summed E-state index contributed by atoms with van der Waals surface area (Å²) in [6, 6.07) is 1.30. The van der Waals surface area contributed by atoms with Gasteiger partial charge in [-0.1, -0.05) is 0 Å². The van der Waals surface area contributed by atoms with Crippen molar-refractivity contribution in [2.45, 2.75) is 45.8 Å². The van der Waals surface area contributed by atoms with Crippen molar-refractivity contribution in [3.8, 4) is 5.75 Å². The van der Waals surface area contributed by atoms with Crippen molar-refractivity contribution in [1.29, 1.82) is 0 Å². The second kappa shape index (κ2) is 8.01. The number of pyridine rings is 2. The fraction of sp³-hybridized carbons (Fsp3) is 0.429. The minimum absolute atomic E-state index is 0.0334. The lowest BCUT2D eigenvalue weighted by molar-refractivity contribution is 0.0534. The number of carbonyl (C=O) groups excluding carboxylic acids is 2. The molecule has 2 aliphatic rings. The number of piperidine rings is 1. The number of halogens is 1. The van der Waals surface area contributed by atoms with Crippen LogP contribution >= 0.6 is 0 Å². The number of aromatic nitrogens is 2. The van der Waals surface area contributed by atoms with Crippen LogP contribution in [0.4, 0.5) is 4.39 Å². The summed E-state index contributed by atoms with van der Waals surface area (Å²) in [5.74, 6) is -2.55. The number of nitrogens with zero attached hydrogens (tertiary/aromatic N) is 4. The van der Waals surface area contributed by atoms with E-state index in [1.54, 1.807) is 11.8 Å². The van der Waals surface area contributed by atoms with Crippen molar-refractivity contribution in [3.63, 3.8) is 0 Å². The molecule has 0 aromatic carbocycles. The van der Waals surface area contributed by atoms with Crippen LogP contribution in [0.25, 0.3) is 0 Å². The summed E-state index contributed by atoms with van der Waals surface area (Å²) >= 11 is 0. The standard InChI is InChI=1S/C21H24FN5O4/c1-3-25-16-6-4-5-7-26(16)27-11-13(18(28)19(29)17(27)21(25)31)20(30)24-10-15-14(22)8-12(2)9-23-15/h8-9,11,16,29H,3-7,10H2,1-2H3,(H,24,30)/t16-/m0/s1. The molecule has 0 aliphatic carbocycles. The van der Waals surface area contributed by atoms with Crippen LogP contribution in [0.1, 0.15) is 58.3 Å². The fourth-order valence-corrected chi connectivity index (χ4v) is 4.20. The van der Waals surface area contributed by atoms with Crippen molar-refractivity contribution in [1.82, 2.24) is 19.9 Å². The van der Waals surface area contributed by atoms with E-state index in [9.17, 15) is 23.9 Å². The highest BCUT2D eigenvalue weighted by atomic mass is 19.1. The highest BCUT2D eigenvalue weighted by molar-refractivity contribution is 5.99. The first-order valence-electron chi connectivity index (χ1n) is 10.3. The molecule has 0 saturated carbocycles. The third-order valence-electron chi connectivity index (χ3n) is 5.76. The van der Waals surface area contributed by atoms with Crippen LogP contribution < -0.4 is 15.8 Å². The molecule has 2 N–H and O–H groups in total. The fourth-order valence-electron chi connectivity index (χ4n) is 4.20. The second-order valence-electron chi connectivity index (χ2n) is 7.77. The molecule has 0 unspecified atom stereocenters. The van der Waals surface area contributed by atoms with E-state index in [-0.39, 0.29) is 29.7 Å². The van der Waals surface area contributed by atoms with Gasteiger partial charge in [0.15, 0.2) is 11.4 Å². The Bertz CT molecular complexity index is 1120. The number of nitrogens with one attached hydrogen (secondary N) is 1. The molecule has 31 heavy (non-hydrogen) atoms. The van der Waals surface area contributed by atoms with Gasteiger partial charge in [0.2, 0.25) is 5.43 Å². The smallest absolute Gasteiger partial charge is 0.278 e. The molecule has 10 heteroatoms. The van der Waals surface area contributed by atoms with Crippen molar-refractivity contribution < 1.29 is 19.1 Å². The van der Waals surface area contributed by atoms with Gasteiger partial charge in [0.25, 0.3) is 11.8 Å². The summed E-state index contributed by atoms with van der Waals surface area (Å²) in [5, 5.41) is 14.9. The molecule has 9 nitrogen and oxygen atoms in total. The molecule has 0 radical (unpaired) electrons. The van der Waals surface area contributed by atoms with Gasteiger partial charge in [-0.05, 0) is 44.7 Å². The maximum Gasteiger partial charge on any atom is 0.278 e. The van der Waals surface area contributed by atoms with E-state index < -0.39 is 28.8 Å². The lowest BCUT2D eigenvalue weighted by atomic mass is 10.1. The normalized spacial score (nSPS) is 17.9. The monoisotopic (exact) mass is 429 g/mol. The zero-order valence-electron chi connectivity index (χ0n) is 17.4. The molecule has 1 atom stereocenters. The van der Waals surface area contributed by atoms with Crippen LogP contribution in [0.15, 0.2) is 23.3 Å². The van der Waals surface area contributed by atoms with Crippen LogP contribution in [-0.4, -0.2) is 50.7 Å². The summed E-state index contributed by atoms with van der Waals surface area (Å²) in [7, 11) is 0. The van der Waals surface area contributed by atoms with Gasteiger partial charge in [-0.3, -0.25) is 29.1 Å². The van der Waals surface area contributed by atoms with E-state index in [0.717, 1.165) is 19.3 Å². The SMILES string of the molecule is CCN1C(=O)c2c(O)c(=O)c(C(=O)NCc3ncc(C)cc3F)cn2N2CCCC[C@@H]12. The molecule has 1 fully saturated rings. The average molecular weight is 429 g/mol. The summed E-state index contributed by atoms with van der Waals surface area (Å²) in [5.41, 5.74) is -0.733. The van der Waals surface area contributed by atoms with E-state index in [1.165, 1.54) is 23.1 Å². The Labute approximate surface area is 178 Å². The zero-order chi connectivity index (χ0) is 22.3. The number of aromatic hydroxyl groups is 1. The molecule has 164 valence electrons. The molecule has 0 spiro atoms. The van der Waals surface area contributed by atoms with Gasteiger partial charge in [0.05, 0.1) is 12.2 Å². The molecule has 4 rings (SSSR count). The number of carbonyl (C=O) groups is 2. The quantitative estimate of drug-likeness (QED) is 0.758. The number of fused-ring (bicyclic) bond motifs is 3. The Balaban J connectivity index is 1.69. The largest absolute Gasteiger partial charge is 0.502 e. The molecule has 4 heterocycles. The second-order valence-corrected chi connectivity index (χ2v) is 7.77. The predicted molar refractivity (Wildman–Crippen MR) is 110 cm³/mol. The first kappa shape index (κ1) is 20.8. The lowest BCUT2D eigenvalue weighted by Crippen LogP contribution is -2.63. The van der Waals surface area contributed by atoms with Crippen LogP contribution in [0.2, 0.25) is 0 Å². The van der Waals surface area contributed by atoms with Gasteiger partial charge in [0.1, 0.15) is 17.5 Å². The highest BCUT2D eigenvalue weighted by Crippen LogP contribution is 2.29. The Kier molecular flexibility index (Phi) is 5.38. The Morgan fingerprint density at radius 1 is 1.35 bits per heavy atom. The molecule has 2 amide bonds. The van der Waals surface area contributed by atoms with E-state index in [1.807, 2.05) is 11.9 Å².